The summed E-state index contributed by atoms with van der Waals surface area (Å²) in [5.41, 5.74) is 11.1. The molecule has 0 bridgehead atoms. The first-order valence-electron chi connectivity index (χ1n) is 8.60. The summed E-state index contributed by atoms with van der Waals surface area (Å²) in [5, 5.41) is 0. The minimum Gasteiger partial charge on any atom is -0.370 e. The molecule has 0 saturated carbocycles. The fraction of sp³-hybridized carbons (Fsp3) is 0.875. The molecule has 0 radical (unpaired) electrons. The molecule has 0 spiro atoms. The van der Waals surface area contributed by atoms with Crippen molar-refractivity contribution in [3.05, 3.63) is 0 Å². The van der Waals surface area contributed by atoms with E-state index in [4.69, 9.17) is 11.5 Å². The molecule has 0 aromatic carbocycles. The van der Waals surface area contributed by atoms with Crippen LogP contribution in [0.5, 0.6) is 0 Å². The van der Waals surface area contributed by atoms with E-state index in [0.717, 1.165) is 38.8 Å². The van der Waals surface area contributed by atoms with Crippen molar-refractivity contribution in [2.45, 2.75) is 50.2 Å². The predicted octanol–water partition coefficient (Wildman–Crippen LogP) is -0.794. The van der Waals surface area contributed by atoms with E-state index >= 15 is 0 Å². The molecule has 132 valence electrons. The number of likely N-dealkylation sites (N-methyl/N-ethyl adjacent to an activating group) is 1. The van der Waals surface area contributed by atoms with Crippen LogP contribution in [-0.4, -0.2) is 84.9 Å². The number of hydrogen-bond donors (Lipinski definition) is 2. The maximum absolute atomic E-state index is 12.8. The van der Waals surface area contributed by atoms with Crippen molar-refractivity contribution in [3.63, 3.8) is 0 Å². The molecule has 4 N–H and O–H groups in total. The molecule has 2 aliphatic rings. The highest BCUT2D eigenvalue weighted by molar-refractivity contribution is 5.81. The quantitative estimate of drug-likeness (QED) is 0.667. The molecule has 2 saturated heterocycles. The number of rotatable bonds is 6. The molecule has 2 aliphatic heterocycles. The number of carbonyl (C=O) groups excluding carboxylic acids is 2. The van der Waals surface area contributed by atoms with Crippen molar-refractivity contribution in [2.24, 2.45) is 11.5 Å². The van der Waals surface area contributed by atoms with Crippen molar-refractivity contribution >= 4 is 11.8 Å². The molecule has 0 aromatic rings. The second kappa shape index (κ2) is 8.08. The molecular weight excluding hydrogens is 294 g/mol. The monoisotopic (exact) mass is 325 g/mol. The lowest BCUT2D eigenvalue weighted by atomic mass is 10.0. The predicted molar refractivity (Wildman–Crippen MR) is 89.7 cm³/mol. The van der Waals surface area contributed by atoms with E-state index < -0.39 is 0 Å². The summed E-state index contributed by atoms with van der Waals surface area (Å²) in [6.07, 6.45) is 4.09. The highest BCUT2D eigenvalue weighted by Crippen LogP contribution is 2.26. The summed E-state index contributed by atoms with van der Waals surface area (Å²) in [7, 11) is 4.15. The number of primary amides is 1. The molecule has 0 unspecified atom stereocenters. The third-order valence-electron chi connectivity index (χ3n) is 5.31. The van der Waals surface area contributed by atoms with Crippen LogP contribution in [0.1, 0.15) is 32.1 Å². The van der Waals surface area contributed by atoms with Gasteiger partial charge >= 0.3 is 0 Å². The zero-order valence-electron chi connectivity index (χ0n) is 14.4. The summed E-state index contributed by atoms with van der Waals surface area (Å²) >= 11 is 0. The van der Waals surface area contributed by atoms with Gasteiger partial charge in [0.05, 0.1) is 6.54 Å². The average Bonchev–Trinajstić information content (AvgIpc) is 2.89. The molecular formula is C16H31N5O2. The summed E-state index contributed by atoms with van der Waals surface area (Å²) in [6.45, 7) is 2.98. The second-order valence-corrected chi connectivity index (χ2v) is 7.04. The van der Waals surface area contributed by atoms with Crippen LogP contribution in [0.25, 0.3) is 0 Å². The van der Waals surface area contributed by atoms with E-state index in [-0.39, 0.29) is 30.3 Å². The minimum atomic E-state index is -0.353. The molecule has 23 heavy (non-hydrogen) atoms. The summed E-state index contributed by atoms with van der Waals surface area (Å²) < 4.78 is 0. The topological polar surface area (TPSA) is 95.9 Å². The first-order chi connectivity index (χ1) is 10.9. The number of hydrogen-bond acceptors (Lipinski definition) is 5. The van der Waals surface area contributed by atoms with Crippen LogP contribution in [0.2, 0.25) is 0 Å². The van der Waals surface area contributed by atoms with Crippen LogP contribution < -0.4 is 11.5 Å². The maximum atomic E-state index is 12.8. The largest absolute Gasteiger partial charge is 0.370 e. The van der Waals surface area contributed by atoms with E-state index in [2.05, 4.69) is 16.8 Å². The van der Waals surface area contributed by atoms with Gasteiger partial charge in [-0.05, 0) is 52.9 Å². The van der Waals surface area contributed by atoms with Gasteiger partial charge in [-0.1, -0.05) is 0 Å². The highest BCUT2D eigenvalue weighted by Gasteiger charge is 2.37. The lowest BCUT2D eigenvalue weighted by molar-refractivity contribution is -0.136. The Hall–Kier alpha value is -1.18. The maximum Gasteiger partial charge on any atom is 0.237 e. The van der Waals surface area contributed by atoms with E-state index in [0.29, 0.717) is 19.1 Å². The highest BCUT2D eigenvalue weighted by atomic mass is 16.2. The third-order valence-corrected chi connectivity index (χ3v) is 5.31. The van der Waals surface area contributed by atoms with Gasteiger partial charge in [-0.25, -0.2) is 0 Å². The van der Waals surface area contributed by atoms with Crippen molar-refractivity contribution in [1.29, 1.82) is 0 Å². The van der Waals surface area contributed by atoms with Crippen molar-refractivity contribution < 1.29 is 9.59 Å². The van der Waals surface area contributed by atoms with Crippen LogP contribution in [0.4, 0.5) is 0 Å². The number of piperidine rings is 1. The molecule has 2 amide bonds. The lowest BCUT2D eigenvalue weighted by Crippen LogP contribution is -2.51. The van der Waals surface area contributed by atoms with Crippen molar-refractivity contribution in [3.8, 4) is 0 Å². The number of carbonyl (C=O) groups is 2. The van der Waals surface area contributed by atoms with Crippen LogP contribution >= 0.6 is 0 Å². The Morgan fingerprint density at radius 2 is 1.74 bits per heavy atom. The normalized spacial score (nSPS) is 26.9. The third kappa shape index (κ3) is 4.65. The Balaban J connectivity index is 1.94. The van der Waals surface area contributed by atoms with Gasteiger partial charge in [0.15, 0.2) is 0 Å². The van der Waals surface area contributed by atoms with Gasteiger partial charge < -0.3 is 21.3 Å². The van der Waals surface area contributed by atoms with E-state index in [1.54, 1.807) is 0 Å². The fourth-order valence-electron chi connectivity index (χ4n) is 3.89. The molecule has 2 rings (SSSR count). The van der Waals surface area contributed by atoms with E-state index in [1.807, 2.05) is 11.9 Å². The average molecular weight is 325 g/mol. The van der Waals surface area contributed by atoms with Gasteiger partial charge in [-0.3, -0.25) is 14.5 Å². The van der Waals surface area contributed by atoms with E-state index in [1.165, 1.54) is 0 Å². The molecule has 7 heteroatoms. The Bertz CT molecular complexity index is 423. The SMILES string of the molecule is CN1CCC(N(C)CC(=O)N2[C@H](CN)CC[C@@H]2CC(N)=O)CC1. The Morgan fingerprint density at radius 1 is 1.13 bits per heavy atom. The number of nitrogens with two attached hydrogens (primary N) is 2. The van der Waals surface area contributed by atoms with Gasteiger partial charge in [-0.2, -0.15) is 0 Å². The first kappa shape index (κ1) is 18.2. The van der Waals surface area contributed by atoms with Gasteiger partial charge in [0, 0.05) is 31.1 Å². The number of amides is 2. The first-order valence-corrected chi connectivity index (χ1v) is 8.60. The number of likely N-dealkylation sites (tertiary alicyclic amines) is 2. The smallest absolute Gasteiger partial charge is 0.237 e. The van der Waals surface area contributed by atoms with Gasteiger partial charge in [0.25, 0.3) is 0 Å². The molecule has 0 aromatic heterocycles. The number of nitrogens with zero attached hydrogens (tertiary/aromatic N) is 3. The molecule has 2 heterocycles. The van der Waals surface area contributed by atoms with Crippen LogP contribution in [0.15, 0.2) is 0 Å². The van der Waals surface area contributed by atoms with Gasteiger partial charge in [0.2, 0.25) is 11.8 Å². The van der Waals surface area contributed by atoms with Crippen molar-refractivity contribution in [1.82, 2.24) is 14.7 Å². The van der Waals surface area contributed by atoms with Gasteiger partial charge in [0.1, 0.15) is 0 Å². The van der Waals surface area contributed by atoms with Crippen LogP contribution in [0.3, 0.4) is 0 Å². The molecule has 7 nitrogen and oxygen atoms in total. The molecule has 0 aliphatic carbocycles. The zero-order chi connectivity index (χ0) is 17.0. The van der Waals surface area contributed by atoms with Crippen molar-refractivity contribution in [2.75, 3.05) is 40.3 Å². The zero-order valence-corrected chi connectivity index (χ0v) is 14.4. The van der Waals surface area contributed by atoms with Crippen LogP contribution in [0, 0.1) is 0 Å². The lowest BCUT2D eigenvalue weighted by Gasteiger charge is -2.37. The molecule has 2 fully saturated rings. The standard InChI is InChI=1S/C16H31N5O2/c1-19-7-5-12(6-8-19)20(2)11-16(23)21-13(9-15(18)22)3-4-14(21)10-17/h12-14H,3-11,17H2,1-2H3,(H2,18,22)/t13-,14+/m1/s1. The Morgan fingerprint density at radius 3 is 2.30 bits per heavy atom. The molecule has 2 atom stereocenters. The Labute approximate surface area is 138 Å². The summed E-state index contributed by atoms with van der Waals surface area (Å²) in [5.74, 6) is -0.278. The van der Waals surface area contributed by atoms with Crippen LogP contribution in [-0.2, 0) is 9.59 Å². The summed E-state index contributed by atoms with van der Waals surface area (Å²) in [6, 6.07) is 0.404. The van der Waals surface area contributed by atoms with E-state index in [9.17, 15) is 9.59 Å². The fourth-order valence-corrected chi connectivity index (χ4v) is 3.89. The second-order valence-electron chi connectivity index (χ2n) is 7.04. The Kier molecular flexibility index (Phi) is 6.38. The summed E-state index contributed by atoms with van der Waals surface area (Å²) in [4.78, 5) is 30.4. The minimum absolute atomic E-state index is 0.0396. The van der Waals surface area contributed by atoms with Gasteiger partial charge in [-0.15, -0.1) is 0 Å².